The van der Waals surface area contributed by atoms with Gasteiger partial charge in [0.2, 0.25) is 0 Å². The van der Waals surface area contributed by atoms with Crippen molar-refractivity contribution in [1.82, 2.24) is 4.90 Å². The van der Waals surface area contributed by atoms with E-state index in [4.69, 9.17) is 23.2 Å². The Balaban J connectivity index is 2.24. The number of aryl methyl sites for hydroxylation is 1. The van der Waals surface area contributed by atoms with Crippen LogP contribution in [0.3, 0.4) is 0 Å². The van der Waals surface area contributed by atoms with Gasteiger partial charge in [0.15, 0.2) is 0 Å². The summed E-state index contributed by atoms with van der Waals surface area (Å²) >= 11 is 12.0. The van der Waals surface area contributed by atoms with Crippen LogP contribution in [-0.4, -0.2) is 34.0 Å². The van der Waals surface area contributed by atoms with Gasteiger partial charge in [0.1, 0.15) is 4.90 Å². The normalized spacial score (nSPS) is 12.4. The van der Waals surface area contributed by atoms with E-state index in [2.05, 4.69) is 4.72 Å². The van der Waals surface area contributed by atoms with Crippen LogP contribution < -0.4 is 4.72 Å². The Morgan fingerprint density at radius 2 is 1.71 bits per heavy atom. The van der Waals surface area contributed by atoms with E-state index in [0.29, 0.717) is 23.6 Å². The molecule has 0 heterocycles. The summed E-state index contributed by atoms with van der Waals surface area (Å²) in [5.41, 5.74) is -0.00595. The third-order valence-electron chi connectivity index (χ3n) is 3.90. The molecule has 0 aliphatic heterocycles. The van der Waals surface area contributed by atoms with Crippen LogP contribution in [0, 0.1) is 0 Å². The Hall–Kier alpha value is -1.48. The number of rotatable bonds is 7. The molecule has 2 rings (SSSR count). The Morgan fingerprint density at radius 1 is 1.04 bits per heavy atom. The van der Waals surface area contributed by atoms with E-state index in [1.807, 2.05) is 19.0 Å². The molecule has 0 bridgehead atoms. The van der Waals surface area contributed by atoms with Gasteiger partial charge in [0.05, 0.1) is 10.6 Å². The molecule has 0 unspecified atom stereocenters. The quantitative estimate of drug-likeness (QED) is 0.616. The largest absolute Gasteiger partial charge is 0.416 e. The molecule has 10 heteroatoms. The average Bonchev–Trinajstić information content (AvgIpc) is 2.56. The lowest BCUT2D eigenvalue weighted by molar-refractivity contribution is -0.137. The monoisotopic (exact) mass is 454 g/mol. The summed E-state index contributed by atoms with van der Waals surface area (Å²) in [7, 11) is -0.282. The maximum absolute atomic E-state index is 12.7. The Labute approximate surface area is 172 Å². The van der Waals surface area contributed by atoms with Crippen molar-refractivity contribution in [2.24, 2.45) is 0 Å². The number of sulfonamides is 1. The standard InChI is InChI=1S/C18H19Cl2F3N2O2S/c1-25(2)9-3-4-12-10-14(6-7-15(12)19)24-28(26,27)17-8-5-13(11-16(17)20)18(21,22)23/h5-8,10-11,24H,3-4,9H2,1-2H3. The predicted octanol–water partition coefficient (Wildman–Crippen LogP) is 5.31. The minimum atomic E-state index is -4.61. The van der Waals surface area contributed by atoms with Crippen LogP contribution in [0.5, 0.6) is 0 Å². The van der Waals surface area contributed by atoms with Crippen molar-refractivity contribution < 1.29 is 21.6 Å². The Morgan fingerprint density at radius 3 is 2.29 bits per heavy atom. The maximum atomic E-state index is 12.7. The van der Waals surface area contributed by atoms with Crippen molar-refractivity contribution in [2.45, 2.75) is 23.9 Å². The number of benzene rings is 2. The van der Waals surface area contributed by atoms with Crippen molar-refractivity contribution in [1.29, 1.82) is 0 Å². The molecule has 154 valence electrons. The molecule has 0 aliphatic rings. The first kappa shape index (κ1) is 22.8. The molecule has 0 radical (unpaired) electrons. The molecule has 0 aliphatic carbocycles. The molecule has 0 saturated carbocycles. The van der Waals surface area contributed by atoms with E-state index >= 15 is 0 Å². The summed E-state index contributed by atoms with van der Waals surface area (Å²) in [5.74, 6) is 0. The lowest BCUT2D eigenvalue weighted by atomic mass is 10.1. The first-order chi connectivity index (χ1) is 12.9. The highest BCUT2D eigenvalue weighted by Gasteiger charge is 2.32. The van der Waals surface area contributed by atoms with E-state index in [0.717, 1.165) is 24.6 Å². The second-order valence-corrected chi connectivity index (χ2v) is 8.93. The van der Waals surface area contributed by atoms with Gasteiger partial charge in [-0.2, -0.15) is 13.2 Å². The van der Waals surface area contributed by atoms with Gasteiger partial charge in [-0.25, -0.2) is 8.42 Å². The SMILES string of the molecule is CN(C)CCCc1cc(NS(=O)(=O)c2ccc(C(F)(F)F)cc2Cl)ccc1Cl. The molecule has 2 aromatic carbocycles. The summed E-state index contributed by atoms with van der Waals surface area (Å²) in [4.78, 5) is 1.58. The predicted molar refractivity (Wildman–Crippen MR) is 106 cm³/mol. The summed E-state index contributed by atoms with van der Waals surface area (Å²) in [6.45, 7) is 0.841. The number of hydrogen-bond donors (Lipinski definition) is 1. The lowest BCUT2D eigenvalue weighted by Gasteiger charge is -2.14. The Bertz CT molecular complexity index is 948. The zero-order valence-electron chi connectivity index (χ0n) is 15.1. The summed E-state index contributed by atoms with van der Waals surface area (Å²) in [5, 5.41) is -0.00300. The Kier molecular flexibility index (Phi) is 7.25. The number of hydrogen-bond acceptors (Lipinski definition) is 3. The zero-order chi connectivity index (χ0) is 21.1. The maximum Gasteiger partial charge on any atom is 0.416 e. The van der Waals surface area contributed by atoms with E-state index in [1.54, 1.807) is 12.1 Å². The second kappa shape index (κ2) is 8.90. The van der Waals surface area contributed by atoms with Gasteiger partial charge in [0.25, 0.3) is 10.0 Å². The molecule has 0 atom stereocenters. The molecule has 4 nitrogen and oxygen atoms in total. The fourth-order valence-electron chi connectivity index (χ4n) is 2.52. The zero-order valence-corrected chi connectivity index (χ0v) is 17.5. The third-order valence-corrected chi connectivity index (χ3v) is 6.13. The van der Waals surface area contributed by atoms with Crippen molar-refractivity contribution in [3.8, 4) is 0 Å². The summed E-state index contributed by atoms with van der Waals surface area (Å²) in [6.07, 6.45) is -3.14. The molecule has 0 saturated heterocycles. The van der Waals surface area contributed by atoms with E-state index in [9.17, 15) is 21.6 Å². The van der Waals surface area contributed by atoms with Crippen molar-refractivity contribution in [3.63, 3.8) is 0 Å². The van der Waals surface area contributed by atoms with Gasteiger partial charge in [-0.05, 0) is 75.4 Å². The van der Waals surface area contributed by atoms with Crippen LogP contribution in [0.1, 0.15) is 17.5 Å². The van der Waals surface area contributed by atoms with Gasteiger partial charge in [-0.3, -0.25) is 4.72 Å². The van der Waals surface area contributed by atoms with E-state index in [1.165, 1.54) is 6.07 Å². The van der Waals surface area contributed by atoms with Crippen LogP contribution in [-0.2, 0) is 22.6 Å². The second-order valence-electron chi connectivity index (χ2n) is 6.46. The summed E-state index contributed by atoms with van der Waals surface area (Å²) < 4.78 is 65.7. The van der Waals surface area contributed by atoms with Crippen molar-refractivity contribution in [3.05, 3.63) is 57.6 Å². The number of nitrogens with one attached hydrogen (secondary N) is 1. The fraction of sp³-hybridized carbons (Fsp3) is 0.333. The third kappa shape index (κ3) is 6.01. The molecule has 2 aromatic rings. The van der Waals surface area contributed by atoms with Gasteiger partial charge < -0.3 is 4.90 Å². The number of halogens is 5. The van der Waals surface area contributed by atoms with Gasteiger partial charge in [-0.15, -0.1) is 0 Å². The van der Waals surface area contributed by atoms with Gasteiger partial charge >= 0.3 is 6.18 Å². The molecule has 0 fully saturated rings. The minimum absolute atomic E-state index is 0.250. The highest BCUT2D eigenvalue weighted by Crippen LogP contribution is 2.34. The van der Waals surface area contributed by atoms with E-state index < -0.39 is 31.7 Å². The number of anilines is 1. The average molecular weight is 455 g/mol. The summed E-state index contributed by atoms with van der Waals surface area (Å²) in [6, 6.07) is 6.75. The molecule has 0 aromatic heterocycles. The molecule has 28 heavy (non-hydrogen) atoms. The highest BCUT2D eigenvalue weighted by molar-refractivity contribution is 7.92. The molecule has 0 amide bonds. The topological polar surface area (TPSA) is 49.4 Å². The number of alkyl halides is 3. The first-order valence-corrected chi connectivity index (χ1v) is 10.5. The van der Waals surface area contributed by atoms with Gasteiger partial charge in [-0.1, -0.05) is 23.2 Å². The molecule has 1 N–H and O–H groups in total. The first-order valence-electron chi connectivity index (χ1n) is 8.23. The van der Waals surface area contributed by atoms with Gasteiger partial charge in [0, 0.05) is 10.7 Å². The van der Waals surface area contributed by atoms with Crippen molar-refractivity contribution in [2.75, 3.05) is 25.4 Å². The molecule has 0 spiro atoms. The van der Waals surface area contributed by atoms with Crippen LogP contribution in [0.4, 0.5) is 18.9 Å². The highest BCUT2D eigenvalue weighted by atomic mass is 35.5. The van der Waals surface area contributed by atoms with Crippen LogP contribution in [0.15, 0.2) is 41.3 Å². The number of nitrogens with zero attached hydrogens (tertiary/aromatic N) is 1. The fourth-order valence-corrected chi connectivity index (χ4v) is 4.33. The van der Waals surface area contributed by atoms with Crippen molar-refractivity contribution >= 4 is 38.9 Å². The van der Waals surface area contributed by atoms with Crippen LogP contribution in [0.2, 0.25) is 10.0 Å². The van der Waals surface area contributed by atoms with E-state index in [-0.39, 0.29) is 5.69 Å². The van der Waals surface area contributed by atoms with Crippen LogP contribution in [0.25, 0.3) is 0 Å². The molecular formula is C18H19Cl2F3N2O2S. The smallest absolute Gasteiger partial charge is 0.309 e. The van der Waals surface area contributed by atoms with Crippen LogP contribution >= 0.6 is 23.2 Å². The lowest BCUT2D eigenvalue weighted by Crippen LogP contribution is -2.15. The minimum Gasteiger partial charge on any atom is -0.309 e. The molecular weight excluding hydrogens is 436 g/mol.